The number of H-pyrrole nitrogens is 1. The number of benzene rings is 1. The Kier molecular flexibility index (Phi) is 5.34. The van der Waals surface area contributed by atoms with Gasteiger partial charge >= 0.3 is 0 Å². The van der Waals surface area contributed by atoms with Crippen molar-refractivity contribution in [3.63, 3.8) is 0 Å². The van der Waals surface area contributed by atoms with E-state index in [0.717, 1.165) is 41.3 Å². The summed E-state index contributed by atoms with van der Waals surface area (Å²) in [5, 5.41) is 17.6. The lowest BCUT2D eigenvalue weighted by Crippen LogP contribution is -2.08. The standard InChI is InChI=1S/C18H17ClF2N8/c1-2-3-4-15-22-18(19)25-28(15)10-11-5-7-12(8-6-11)29-14(21)9-13(20)16(29)17-23-26-27-24-17/h5-9H,2-4,10H2,1H3,(H,23,24,26,27). The quantitative estimate of drug-likeness (QED) is 0.495. The van der Waals surface area contributed by atoms with Crippen LogP contribution in [0.15, 0.2) is 30.3 Å². The van der Waals surface area contributed by atoms with Gasteiger partial charge < -0.3 is 0 Å². The number of unbranched alkanes of at least 4 members (excludes halogenated alkanes) is 1. The molecule has 0 radical (unpaired) electrons. The molecule has 0 saturated heterocycles. The molecule has 150 valence electrons. The monoisotopic (exact) mass is 418 g/mol. The molecule has 0 aliphatic carbocycles. The Hall–Kier alpha value is -3.14. The Morgan fingerprint density at radius 3 is 2.66 bits per heavy atom. The summed E-state index contributed by atoms with van der Waals surface area (Å²) in [6, 6.07) is 7.78. The zero-order chi connectivity index (χ0) is 20.4. The van der Waals surface area contributed by atoms with E-state index in [0.29, 0.717) is 12.2 Å². The fraction of sp³-hybridized carbons (Fsp3) is 0.278. The van der Waals surface area contributed by atoms with Crippen LogP contribution in [0, 0.1) is 11.8 Å². The normalized spacial score (nSPS) is 11.3. The molecular formula is C18H17ClF2N8. The molecule has 3 heterocycles. The maximum absolute atomic E-state index is 14.4. The van der Waals surface area contributed by atoms with Gasteiger partial charge in [0.25, 0.3) is 0 Å². The van der Waals surface area contributed by atoms with Crippen molar-refractivity contribution >= 4 is 11.6 Å². The minimum Gasteiger partial charge on any atom is -0.280 e. The third-order valence-electron chi connectivity index (χ3n) is 4.47. The van der Waals surface area contributed by atoms with E-state index in [1.165, 1.54) is 0 Å². The Morgan fingerprint density at radius 2 is 1.97 bits per heavy atom. The molecule has 29 heavy (non-hydrogen) atoms. The summed E-state index contributed by atoms with van der Waals surface area (Å²) in [5.74, 6) is -0.752. The molecule has 0 saturated carbocycles. The molecule has 0 unspecified atom stereocenters. The van der Waals surface area contributed by atoms with Crippen molar-refractivity contribution in [1.82, 2.24) is 40.0 Å². The summed E-state index contributed by atoms with van der Waals surface area (Å²) >= 11 is 5.96. The Morgan fingerprint density at radius 1 is 1.17 bits per heavy atom. The van der Waals surface area contributed by atoms with Crippen LogP contribution in [0.4, 0.5) is 8.78 Å². The molecule has 3 aromatic heterocycles. The molecule has 0 fully saturated rings. The fourth-order valence-corrected chi connectivity index (χ4v) is 3.27. The smallest absolute Gasteiger partial charge is 0.242 e. The van der Waals surface area contributed by atoms with Gasteiger partial charge in [-0.1, -0.05) is 25.5 Å². The third kappa shape index (κ3) is 3.88. The maximum Gasteiger partial charge on any atom is 0.242 e. The van der Waals surface area contributed by atoms with Gasteiger partial charge in [-0.25, -0.2) is 14.1 Å². The Balaban J connectivity index is 1.62. The van der Waals surface area contributed by atoms with Gasteiger partial charge in [-0.15, -0.1) is 15.3 Å². The SMILES string of the molecule is CCCCc1nc(Cl)nn1Cc1ccc(-n2c(F)cc(F)c2-c2nn[nH]n2)cc1. The van der Waals surface area contributed by atoms with Crippen molar-refractivity contribution in [3.8, 4) is 17.2 Å². The molecule has 1 N–H and O–H groups in total. The van der Waals surface area contributed by atoms with Crippen LogP contribution in [-0.4, -0.2) is 40.0 Å². The number of aryl methyl sites for hydroxylation is 1. The largest absolute Gasteiger partial charge is 0.280 e. The van der Waals surface area contributed by atoms with E-state index in [2.05, 4.69) is 37.6 Å². The first-order valence-corrected chi connectivity index (χ1v) is 9.43. The average Bonchev–Trinajstić information content (AvgIpc) is 3.40. The number of nitrogens with one attached hydrogen (secondary N) is 1. The van der Waals surface area contributed by atoms with Crippen molar-refractivity contribution in [3.05, 3.63) is 58.8 Å². The van der Waals surface area contributed by atoms with Crippen molar-refractivity contribution in [1.29, 1.82) is 0 Å². The van der Waals surface area contributed by atoms with Gasteiger partial charge in [0, 0.05) is 18.2 Å². The van der Waals surface area contributed by atoms with Crippen molar-refractivity contribution in [2.24, 2.45) is 0 Å². The first-order chi connectivity index (χ1) is 14.1. The van der Waals surface area contributed by atoms with E-state index in [1.807, 2.05) is 12.1 Å². The summed E-state index contributed by atoms with van der Waals surface area (Å²) in [4.78, 5) is 4.26. The van der Waals surface area contributed by atoms with Crippen molar-refractivity contribution in [2.45, 2.75) is 32.7 Å². The number of hydrogen-bond donors (Lipinski definition) is 1. The molecule has 8 nitrogen and oxygen atoms in total. The Labute approximate surface area is 169 Å². The van der Waals surface area contributed by atoms with Gasteiger partial charge in [0.15, 0.2) is 5.82 Å². The molecule has 0 aliphatic heterocycles. The number of aromatic amines is 1. The molecule has 0 amide bonds. The van der Waals surface area contributed by atoms with E-state index in [4.69, 9.17) is 11.6 Å². The van der Waals surface area contributed by atoms with Crippen molar-refractivity contribution in [2.75, 3.05) is 0 Å². The number of hydrogen-bond acceptors (Lipinski definition) is 5. The van der Waals surface area contributed by atoms with Crippen LogP contribution in [0.1, 0.15) is 31.2 Å². The third-order valence-corrected chi connectivity index (χ3v) is 4.63. The number of aromatic nitrogens is 8. The predicted octanol–water partition coefficient (Wildman–Crippen LogP) is 3.57. The van der Waals surface area contributed by atoms with Crippen LogP contribution in [0.5, 0.6) is 0 Å². The topological polar surface area (TPSA) is 90.1 Å². The molecule has 0 spiro atoms. The predicted molar refractivity (Wildman–Crippen MR) is 102 cm³/mol. The zero-order valence-corrected chi connectivity index (χ0v) is 16.2. The molecule has 0 aliphatic rings. The summed E-state index contributed by atoms with van der Waals surface area (Å²) in [6.07, 6.45) is 2.82. The van der Waals surface area contributed by atoms with E-state index >= 15 is 0 Å². The van der Waals surface area contributed by atoms with Gasteiger partial charge in [0.05, 0.1) is 6.54 Å². The van der Waals surface area contributed by atoms with Crippen LogP contribution in [0.3, 0.4) is 0 Å². The highest BCUT2D eigenvalue weighted by atomic mass is 35.5. The van der Waals surface area contributed by atoms with E-state index in [1.54, 1.807) is 16.8 Å². The first-order valence-electron chi connectivity index (χ1n) is 9.06. The van der Waals surface area contributed by atoms with Gasteiger partial charge in [0.2, 0.25) is 17.1 Å². The second-order valence-electron chi connectivity index (χ2n) is 6.46. The van der Waals surface area contributed by atoms with Crippen LogP contribution in [0.2, 0.25) is 5.28 Å². The van der Waals surface area contributed by atoms with Crippen LogP contribution in [-0.2, 0) is 13.0 Å². The van der Waals surface area contributed by atoms with Crippen LogP contribution >= 0.6 is 11.6 Å². The second kappa shape index (κ2) is 8.08. The number of nitrogens with zero attached hydrogens (tertiary/aromatic N) is 7. The van der Waals surface area contributed by atoms with Gasteiger partial charge in [-0.05, 0) is 40.9 Å². The van der Waals surface area contributed by atoms with E-state index in [9.17, 15) is 8.78 Å². The second-order valence-corrected chi connectivity index (χ2v) is 6.80. The highest BCUT2D eigenvalue weighted by Gasteiger charge is 2.21. The summed E-state index contributed by atoms with van der Waals surface area (Å²) < 4.78 is 31.4. The summed E-state index contributed by atoms with van der Waals surface area (Å²) in [6.45, 7) is 2.58. The number of rotatable bonds is 7. The minimum atomic E-state index is -0.772. The van der Waals surface area contributed by atoms with Crippen LogP contribution in [0.25, 0.3) is 17.2 Å². The number of tetrazole rings is 1. The fourth-order valence-electron chi connectivity index (χ4n) is 3.09. The average molecular weight is 419 g/mol. The lowest BCUT2D eigenvalue weighted by Gasteiger charge is -2.10. The molecule has 0 atom stereocenters. The summed E-state index contributed by atoms with van der Waals surface area (Å²) in [5.41, 5.74) is 1.24. The molecule has 4 aromatic rings. The molecule has 4 rings (SSSR count). The molecule has 1 aromatic carbocycles. The van der Waals surface area contributed by atoms with E-state index in [-0.39, 0.29) is 16.8 Å². The number of halogens is 3. The van der Waals surface area contributed by atoms with Gasteiger partial charge in [0.1, 0.15) is 11.5 Å². The summed E-state index contributed by atoms with van der Waals surface area (Å²) in [7, 11) is 0. The van der Waals surface area contributed by atoms with Gasteiger partial charge in [-0.2, -0.15) is 9.60 Å². The lowest BCUT2D eigenvalue weighted by atomic mass is 10.2. The van der Waals surface area contributed by atoms with E-state index < -0.39 is 11.8 Å². The molecule has 0 bridgehead atoms. The maximum atomic E-state index is 14.4. The van der Waals surface area contributed by atoms with Crippen LogP contribution < -0.4 is 0 Å². The lowest BCUT2D eigenvalue weighted by molar-refractivity contribution is 0.559. The molecule has 11 heteroatoms. The Bertz CT molecular complexity index is 1100. The zero-order valence-electron chi connectivity index (χ0n) is 15.5. The van der Waals surface area contributed by atoms with Crippen molar-refractivity contribution < 1.29 is 8.78 Å². The minimum absolute atomic E-state index is 0.0340. The highest BCUT2D eigenvalue weighted by molar-refractivity contribution is 6.28. The first kappa shape index (κ1) is 19.2. The highest BCUT2D eigenvalue weighted by Crippen LogP contribution is 2.26. The van der Waals surface area contributed by atoms with Gasteiger partial charge in [-0.3, -0.25) is 4.57 Å². The molecular weight excluding hydrogens is 402 g/mol.